The summed E-state index contributed by atoms with van der Waals surface area (Å²) in [5.41, 5.74) is 2.45. The van der Waals surface area contributed by atoms with Gasteiger partial charge in [-0.15, -0.1) is 0 Å². The van der Waals surface area contributed by atoms with Crippen molar-refractivity contribution in [2.45, 2.75) is 32.7 Å². The first-order valence-electron chi connectivity index (χ1n) is 5.19. The highest BCUT2D eigenvalue weighted by Crippen LogP contribution is 2.18. The third-order valence-electron chi connectivity index (χ3n) is 2.60. The van der Waals surface area contributed by atoms with Crippen LogP contribution in [-0.4, -0.2) is 5.24 Å². The molecule has 1 N–H and O–H groups in total. The summed E-state index contributed by atoms with van der Waals surface area (Å²) in [5, 5.41) is 2.36. The molecule has 82 valence electrons. The average Bonchev–Trinajstić information content (AvgIpc) is 2.26. The first-order chi connectivity index (χ1) is 7.13. The topological polar surface area (TPSA) is 29.1 Å². The number of amides is 1. The first-order valence-corrected chi connectivity index (χ1v) is 5.63. The Hall–Kier alpha value is -0.960. The summed E-state index contributed by atoms with van der Waals surface area (Å²) < 4.78 is 0. The molecule has 1 amide bonds. The second-order valence-corrected chi connectivity index (χ2v) is 4.12. The van der Waals surface area contributed by atoms with Crippen LogP contribution >= 0.6 is 12.6 Å². The maximum atomic E-state index is 10.6. The number of nitrogens with one attached hydrogen (secondary N) is 1. The van der Waals surface area contributed by atoms with E-state index in [0.717, 1.165) is 12.0 Å². The zero-order valence-corrected chi connectivity index (χ0v) is 10.1. The van der Waals surface area contributed by atoms with Crippen molar-refractivity contribution in [2.24, 2.45) is 0 Å². The number of carbonyl (C=O) groups excluding carboxylic acids is 1. The van der Waals surface area contributed by atoms with Crippen molar-refractivity contribution in [2.75, 3.05) is 0 Å². The molecule has 0 aliphatic rings. The Morgan fingerprint density at radius 3 is 2.47 bits per heavy atom. The van der Waals surface area contributed by atoms with Gasteiger partial charge in [-0.1, -0.05) is 50.7 Å². The van der Waals surface area contributed by atoms with Gasteiger partial charge in [0.05, 0.1) is 0 Å². The van der Waals surface area contributed by atoms with Crippen molar-refractivity contribution in [1.82, 2.24) is 5.32 Å². The summed E-state index contributed by atoms with van der Waals surface area (Å²) in [6.07, 6.45) is 1.15. The van der Waals surface area contributed by atoms with Gasteiger partial charge in [0.25, 0.3) is 5.24 Å². The van der Waals surface area contributed by atoms with Crippen molar-refractivity contribution in [3.63, 3.8) is 0 Å². The monoisotopic (exact) mass is 223 g/mol. The number of hydrogen-bond acceptors (Lipinski definition) is 1. The standard InChI is InChI=1S/C12H17NOS/c1-3-9(2)11-6-4-10(5-7-11)8-13-12(14)15/h4-7,9H,3,8H2,1-2H3,(H2,13,14,15). The molecule has 2 nitrogen and oxygen atoms in total. The van der Waals surface area contributed by atoms with Gasteiger partial charge in [-0.05, 0) is 23.5 Å². The molecule has 1 rings (SSSR count). The van der Waals surface area contributed by atoms with Crippen LogP contribution in [0.4, 0.5) is 4.79 Å². The van der Waals surface area contributed by atoms with E-state index in [-0.39, 0.29) is 5.24 Å². The highest BCUT2D eigenvalue weighted by molar-refractivity contribution is 7.96. The number of rotatable bonds is 4. The lowest BCUT2D eigenvalue weighted by Crippen LogP contribution is -2.15. The predicted octanol–water partition coefficient (Wildman–Crippen LogP) is 3.34. The molecule has 3 heteroatoms. The molecule has 0 heterocycles. The Labute approximate surface area is 96.5 Å². The van der Waals surface area contributed by atoms with Gasteiger partial charge < -0.3 is 5.32 Å². The predicted molar refractivity (Wildman–Crippen MR) is 66.4 cm³/mol. The molecule has 0 fully saturated rings. The number of benzene rings is 1. The van der Waals surface area contributed by atoms with Crippen molar-refractivity contribution < 1.29 is 4.79 Å². The fourth-order valence-electron chi connectivity index (χ4n) is 1.38. The zero-order valence-electron chi connectivity index (χ0n) is 9.16. The molecular weight excluding hydrogens is 206 g/mol. The summed E-state index contributed by atoms with van der Waals surface area (Å²) in [5.74, 6) is 0.596. The van der Waals surface area contributed by atoms with Gasteiger partial charge in [-0.2, -0.15) is 0 Å². The van der Waals surface area contributed by atoms with Crippen LogP contribution < -0.4 is 5.32 Å². The van der Waals surface area contributed by atoms with Gasteiger partial charge in [0.1, 0.15) is 0 Å². The van der Waals surface area contributed by atoms with Crippen LogP contribution in [0.3, 0.4) is 0 Å². The van der Waals surface area contributed by atoms with Crippen LogP contribution in [0.5, 0.6) is 0 Å². The minimum absolute atomic E-state index is 0.291. The van der Waals surface area contributed by atoms with Crippen molar-refractivity contribution in [1.29, 1.82) is 0 Å². The lowest BCUT2D eigenvalue weighted by molar-refractivity contribution is 0.260. The number of thiol groups is 1. The summed E-state index contributed by atoms with van der Waals surface area (Å²) >= 11 is 3.65. The summed E-state index contributed by atoms with van der Waals surface area (Å²) in [7, 11) is 0. The van der Waals surface area contributed by atoms with Gasteiger partial charge in [0.15, 0.2) is 0 Å². The van der Waals surface area contributed by atoms with E-state index < -0.39 is 0 Å². The van der Waals surface area contributed by atoms with E-state index in [0.29, 0.717) is 12.5 Å². The Morgan fingerprint density at radius 2 is 2.00 bits per heavy atom. The SMILES string of the molecule is CCC(C)c1ccc(CNC(=O)S)cc1. The van der Waals surface area contributed by atoms with Gasteiger partial charge in [0, 0.05) is 6.54 Å². The molecule has 1 atom stereocenters. The Morgan fingerprint density at radius 1 is 1.40 bits per heavy atom. The van der Waals surface area contributed by atoms with Crippen LogP contribution in [0.2, 0.25) is 0 Å². The molecule has 0 aromatic heterocycles. The molecule has 15 heavy (non-hydrogen) atoms. The number of carbonyl (C=O) groups is 1. The zero-order chi connectivity index (χ0) is 11.3. The lowest BCUT2D eigenvalue weighted by atomic mass is 9.98. The van der Waals surface area contributed by atoms with Crippen molar-refractivity contribution in [3.8, 4) is 0 Å². The van der Waals surface area contributed by atoms with Crippen LogP contribution in [0.15, 0.2) is 24.3 Å². The normalized spacial score (nSPS) is 12.2. The fourth-order valence-corrected chi connectivity index (χ4v) is 1.46. The number of hydrogen-bond donors (Lipinski definition) is 2. The largest absolute Gasteiger partial charge is 0.343 e. The molecule has 1 aromatic rings. The maximum Gasteiger partial charge on any atom is 0.276 e. The maximum absolute atomic E-state index is 10.6. The summed E-state index contributed by atoms with van der Waals surface area (Å²) in [4.78, 5) is 10.6. The molecule has 0 bridgehead atoms. The van der Waals surface area contributed by atoms with Crippen LogP contribution in [-0.2, 0) is 6.54 Å². The first kappa shape index (κ1) is 12.1. The van der Waals surface area contributed by atoms with E-state index in [4.69, 9.17) is 0 Å². The van der Waals surface area contributed by atoms with E-state index in [9.17, 15) is 4.79 Å². The Balaban J connectivity index is 2.60. The summed E-state index contributed by atoms with van der Waals surface area (Å²) in [6, 6.07) is 8.33. The summed E-state index contributed by atoms with van der Waals surface area (Å²) in [6.45, 7) is 4.94. The fraction of sp³-hybridized carbons (Fsp3) is 0.417. The minimum Gasteiger partial charge on any atom is -0.343 e. The molecule has 1 unspecified atom stereocenters. The molecular formula is C12H17NOS. The lowest BCUT2D eigenvalue weighted by Gasteiger charge is -2.09. The van der Waals surface area contributed by atoms with E-state index >= 15 is 0 Å². The molecule has 0 aliphatic heterocycles. The van der Waals surface area contributed by atoms with Crippen molar-refractivity contribution in [3.05, 3.63) is 35.4 Å². The molecule has 0 saturated heterocycles. The Bertz CT molecular complexity index is 321. The molecule has 0 aliphatic carbocycles. The van der Waals surface area contributed by atoms with Gasteiger partial charge in [-0.3, -0.25) is 4.79 Å². The quantitative estimate of drug-likeness (QED) is 0.753. The molecule has 1 aromatic carbocycles. The van der Waals surface area contributed by atoms with E-state index in [2.05, 4.69) is 43.9 Å². The molecule has 0 saturated carbocycles. The second-order valence-electron chi connectivity index (χ2n) is 3.71. The van der Waals surface area contributed by atoms with Crippen molar-refractivity contribution >= 4 is 17.9 Å². The highest BCUT2D eigenvalue weighted by Gasteiger charge is 2.02. The van der Waals surface area contributed by atoms with E-state index in [1.807, 2.05) is 12.1 Å². The van der Waals surface area contributed by atoms with Crippen LogP contribution in [0.25, 0.3) is 0 Å². The Kier molecular flexibility index (Phi) is 4.69. The van der Waals surface area contributed by atoms with E-state index in [1.54, 1.807) is 0 Å². The van der Waals surface area contributed by atoms with E-state index in [1.165, 1.54) is 5.56 Å². The van der Waals surface area contributed by atoms with Gasteiger partial charge >= 0.3 is 0 Å². The molecule has 0 radical (unpaired) electrons. The van der Waals surface area contributed by atoms with Crippen LogP contribution in [0, 0.1) is 0 Å². The third kappa shape index (κ3) is 3.96. The smallest absolute Gasteiger partial charge is 0.276 e. The second kappa shape index (κ2) is 5.81. The average molecular weight is 223 g/mol. The van der Waals surface area contributed by atoms with Gasteiger partial charge in [0.2, 0.25) is 0 Å². The third-order valence-corrected chi connectivity index (χ3v) is 2.76. The highest BCUT2D eigenvalue weighted by atomic mass is 32.1. The van der Waals surface area contributed by atoms with Crippen LogP contribution in [0.1, 0.15) is 37.3 Å². The van der Waals surface area contributed by atoms with Gasteiger partial charge in [-0.25, -0.2) is 0 Å². The minimum atomic E-state index is -0.291. The molecule has 0 spiro atoms.